The quantitative estimate of drug-likeness (QED) is 0.0391. The number of hydrogen-bond acceptors (Lipinski definition) is 18. The van der Waals surface area contributed by atoms with Crippen molar-refractivity contribution in [2.75, 3.05) is 114 Å². The van der Waals surface area contributed by atoms with E-state index in [1.54, 1.807) is 6.20 Å². The van der Waals surface area contributed by atoms with Crippen molar-refractivity contribution in [3.05, 3.63) is 155 Å². The first-order valence-corrected chi connectivity index (χ1v) is 55.8. The molecule has 9 nitrogen and oxygen atoms in total. The molecule has 0 spiro atoms. The van der Waals surface area contributed by atoms with Crippen LogP contribution in [0.1, 0.15) is 270 Å². The van der Waals surface area contributed by atoms with Gasteiger partial charge in [-0.05, 0) is 265 Å². The molecule has 700 valence electrons. The molecule has 5 fully saturated rings. The predicted octanol–water partition coefficient (Wildman–Crippen LogP) is 28.9. The third kappa shape index (κ3) is 71.1. The summed E-state index contributed by atoms with van der Waals surface area (Å²) in [6, 6.07) is 26.5. The van der Waals surface area contributed by atoms with Crippen LogP contribution in [-0.2, 0) is 46.7 Å². The number of ketones is 1. The number of halogens is 3. The molecule has 122 heavy (non-hydrogen) atoms. The standard InChI is InChI=1S/C12H19NS.C11H17F2NS.C11H13NS.C10H13FS.C10H21NS.C10H18OS.C9H19NS.C9H13NS.C9H19NS.C8H17NS.CH4/c1-5-11-7-6-10(8-13-11)9-14-12(2,3)4;1-9(2)15-7-6-14-5-4-10(8-14)11(3,12)13;1-9(2)13-8-11-5-3-10(7-12)4-6-11;1-8(2)12-7-9-3-5-10(11)6-4-9;1-9(2)12-8-10-4-6-11(3)7-5-10;1-8(2)12-7-9-4-3-5-10(11)6-9;1-8(2)11-7-9-4-5-10(3)6-9;1-8(2)11-7-9-4-3-5-10-6-9;1-9(2)11-8-7-10-5-3-4-6-10;1-8(2)10-7-6-9-4-3-5-9;/h6-8H,5,9H2,1-4H3;4-5,8-9H,6-7H2,1-3H3;3-6,9H,8H2,1-2H3;3-6,8H,7H2,1-2H3;9-10H,4-8H2,1-3H3;8-9H,3-7H2,1-2H3;8-9H,4-7H2,1-3H3;3-6,8H,7H2,1-2H3;9H,3-8H2,1-2H3;8H,3-7H2,1-2H3;1H4. The van der Waals surface area contributed by atoms with Gasteiger partial charge in [0.05, 0.1) is 11.6 Å². The number of aromatic nitrogens is 3. The van der Waals surface area contributed by atoms with Gasteiger partial charge < -0.3 is 24.2 Å². The minimum Gasteiger partial charge on any atom is -0.353 e. The normalized spacial score (nSPS) is 16.3. The van der Waals surface area contributed by atoms with Crippen molar-refractivity contribution in [2.24, 2.45) is 17.8 Å². The SMILES string of the molecule is C.CC(C)SCC1CCCC(=O)C1.CC(C)SCC1CCN(C)C1.CC(C)SCC1CCN(C)CC1.CC(C)SCCN1CCC1.CC(C)SCCN1CCCC1.CC(C)SCCn1ccc(C(C)(F)F)c1.CC(C)SCc1ccc(C#N)cc1.CC(C)SCc1ccc(F)cc1.CC(C)SCc1cccnc1.CCc1ccc(CSC(C)(C)C)cn1. The smallest absolute Gasteiger partial charge is 0.271 e. The lowest BCUT2D eigenvalue weighted by atomic mass is 9.90. The molecule has 0 radical (unpaired) electrons. The van der Waals surface area contributed by atoms with Crippen LogP contribution in [0.4, 0.5) is 13.2 Å². The number of hydrogen-bond donors (Lipinski definition) is 0. The number of alkyl halides is 2. The van der Waals surface area contributed by atoms with Gasteiger partial charge in [-0.2, -0.15) is 123 Å². The Kier molecular flexibility index (Phi) is 71.9. The molecule has 0 bridgehead atoms. The molecule has 4 aliphatic heterocycles. The lowest BCUT2D eigenvalue weighted by molar-refractivity contribution is -0.121. The van der Waals surface area contributed by atoms with Crippen molar-refractivity contribution in [3.63, 3.8) is 0 Å². The van der Waals surface area contributed by atoms with Crippen molar-refractivity contribution >= 4 is 123 Å². The molecule has 0 N–H and O–H groups in total. The average Bonchev–Trinajstić information content (AvgIpc) is 1.72. The Morgan fingerprint density at radius 2 is 0.918 bits per heavy atom. The molecule has 7 heterocycles. The molecule has 5 aliphatic rings. The fraction of sp³-hybridized carbons (Fsp3) is 0.720. The number of aryl methyl sites for hydroxylation is 2. The van der Waals surface area contributed by atoms with Crippen molar-refractivity contribution in [1.29, 1.82) is 5.26 Å². The summed E-state index contributed by atoms with van der Waals surface area (Å²) < 4.78 is 40.4. The van der Waals surface area contributed by atoms with Gasteiger partial charge in [0.25, 0.3) is 5.92 Å². The molecule has 1 saturated carbocycles. The highest BCUT2D eigenvalue weighted by Crippen LogP contribution is 2.31. The van der Waals surface area contributed by atoms with E-state index in [9.17, 15) is 18.0 Å². The van der Waals surface area contributed by atoms with E-state index in [0.29, 0.717) is 42.7 Å². The van der Waals surface area contributed by atoms with Crippen LogP contribution < -0.4 is 0 Å². The van der Waals surface area contributed by atoms with E-state index in [1.807, 2.05) is 136 Å². The number of likely N-dealkylation sites (tertiary alicyclic amines) is 4. The molecular weight excluding hydrogens is 1710 g/mol. The third-order valence-corrected chi connectivity index (χ3v) is 31.3. The van der Waals surface area contributed by atoms with E-state index < -0.39 is 5.92 Å². The summed E-state index contributed by atoms with van der Waals surface area (Å²) in [5, 5.41) is 15.1. The Balaban J connectivity index is 0.00000133. The average molecular weight is 1880 g/mol. The van der Waals surface area contributed by atoms with Crippen LogP contribution in [0.15, 0.2) is 110 Å². The predicted molar refractivity (Wildman–Crippen MR) is 562 cm³/mol. The van der Waals surface area contributed by atoms with Crippen LogP contribution in [0, 0.1) is 34.9 Å². The summed E-state index contributed by atoms with van der Waals surface area (Å²) in [4.78, 5) is 29.5. The van der Waals surface area contributed by atoms with Gasteiger partial charge in [0.15, 0.2) is 0 Å². The molecule has 4 saturated heterocycles. The Morgan fingerprint density at radius 1 is 0.484 bits per heavy atom. The summed E-state index contributed by atoms with van der Waals surface area (Å²) in [6.45, 7) is 63.9. The first-order chi connectivity index (χ1) is 57.2. The second-order valence-corrected chi connectivity index (χ2v) is 52.0. The Labute approximate surface area is 791 Å². The maximum Gasteiger partial charge on any atom is 0.271 e. The first kappa shape index (κ1) is 120. The van der Waals surface area contributed by atoms with Gasteiger partial charge in [-0.1, -0.05) is 196 Å². The molecule has 5 aromatic rings. The lowest BCUT2D eigenvalue weighted by Gasteiger charge is -2.30. The summed E-state index contributed by atoms with van der Waals surface area (Å²) in [5.41, 5.74) is 7.12. The zero-order valence-electron chi connectivity index (χ0n) is 80.2. The summed E-state index contributed by atoms with van der Waals surface area (Å²) in [7, 11) is 4.45. The fourth-order valence-electron chi connectivity index (χ4n) is 11.9. The number of carbonyl (C=O) groups excluding carboxylic acids is 1. The first-order valence-electron chi connectivity index (χ1n) is 45.3. The Morgan fingerprint density at radius 3 is 1.31 bits per heavy atom. The Hall–Kier alpha value is -1.69. The van der Waals surface area contributed by atoms with E-state index in [2.05, 4.69) is 267 Å². The second-order valence-electron chi connectivity index (χ2n) is 35.6. The maximum atomic E-state index is 12.9. The number of benzene rings is 2. The summed E-state index contributed by atoms with van der Waals surface area (Å²) in [5.74, 6) is 11.9. The lowest BCUT2D eigenvalue weighted by Crippen LogP contribution is -2.38. The number of carbonyl (C=O) groups is 1. The molecule has 0 amide bonds. The highest BCUT2D eigenvalue weighted by Gasteiger charge is 2.26. The van der Waals surface area contributed by atoms with Gasteiger partial charge in [-0.3, -0.25) is 14.8 Å². The topological polar surface area (TPSA) is 84.5 Å². The van der Waals surface area contributed by atoms with E-state index in [0.717, 1.165) is 106 Å². The van der Waals surface area contributed by atoms with Crippen LogP contribution in [-0.4, -0.2) is 206 Å². The zero-order chi connectivity index (χ0) is 90.6. The third-order valence-electron chi connectivity index (χ3n) is 19.2. The minimum atomic E-state index is -2.73. The van der Waals surface area contributed by atoms with E-state index in [-0.39, 0.29) is 18.8 Å². The number of rotatable bonds is 34. The van der Waals surface area contributed by atoms with Gasteiger partial charge in [-0.25, -0.2) is 13.2 Å². The van der Waals surface area contributed by atoms with Crippen LogP contribution in [0.5, 0.6) is 0 Å². The summed E-state index contributed by atoms with van der Waals surface area (Å²) >= 11 is 19.9. The summed E-state index contributed by atoms with van der Waals surface area (Å²) in [6.07, 6.45) is 22.6. The zero-order valence-corrected chi connectivity index (χ0v) is 88.3. The van der Waals surface area contributed by atoms with Crippen molar-refractivity contribution < 1.29 is 18.0 Å². The van der Waals surface area contributed by atoms with Crippen LogP contribution >= 0.6 is 118 Å². The van der Waals surface area contributed by atoms with Crippen molar-refractivity contribution in [3.8, 4) is 6.07 Å². The van der Waals surface area contributed by atoms with Gasteiger partial charge in [0, 0.05) is 133 Å². The van der Waals surface area contributed by atoms with Crippen molar-refractivity contribution in [2.45, 2.75) is 325 Å². The maximum absolute atomic E-state index is 12.9. The molecule has 1 aliphatic carbocycles. The monoisotopic (exact) mass is 1880 g/mol. The van der Waals surface area contributed by atoms with E-state index >= 15 is 0 Å². The van der Waals surface area contributed by atoms with Gasteiger partial charge in [0.1, 0.15) is 11.6 Å². The molecular formula is C100H173F3N8OS10. The largest absolute Gasteiger partial charge is 0.353 e. The number of thioether (sulfide) groups is 10. The number of nitriles is 1. The molecule has 3 aromatic heterocycles. The minimum absolute atomic E-state index is 0. The fourth-order valence-corrected chi connectivity index (χ4v) is 20.1. The van der Waals surface area contributed by atoms with Crippen LogP contribution in [0.3, 0.4) is 0 Å². The second kappa shape index (κ2) is 72.9. The number of pyridine rings is 2. The molecule has 2 atom stereocenters. The highest BCUT2D eigenvalue weighted by atomic mass is 32.2. The number of nitrogens with zero attached hydrogens (tertiary/aromatic N) is 8. The van der Waals surface area contributed by atoms with Gasteiger partial charge in [-0.15, -0.1) is 0 Å². The molecule has 10 rings (SSSR count). The highest BCUT2D eigenvalue weighted by molar-refractivity contribution is 8.01. The van der Waals surface area contributed by atoms with Gasteiger partial charge >= 0.3 is 0 Å². The van der Waals surface area contributed by atoms with Gasteiger partial charge in [0.2, 0.25) is 0 Å². The van der Waals surface area contributed by atoms with E-state index in [1.165, 1.54) is 192 Å². The molecule has 2 aromatic carbocycles. The Bertz CT molecular complexity index is 3280. The molecule has 2 unspecified atom stereocenters. The number of piperidine rings is 1. The molecule has 22 heteroatoms. The van der Waals surface area contributed by atoms with Crippen molar-refractivity contribution in [1.82, 2.24) is 34.1 Å². The van der Waals surface area contributed by atoms with E-state index in [4.69, 9.17) is 5.26 Å². The van der Waals surface area contributed by atoms with Crippen LogP contribution in [0.2, 0.25) is 0 Å². The number of Topliss-reactive ketones (excluding diaryl/α,β-unsaturated/α-hetero) is 1. The van der Waals surface area contributed by atoms with Crippen LogP contribution in [0.25, 0.3) is 0 Å².